The lowest BCUT2D eigenvalue weighted by atomic mass is 9.91. The molecule has 168 valence electrons. The highest BCUT2D eigenvalue weighted by molar-refractivity contribution is 7.88. The number of benzene rings is 2. The molecule has 0 bridgehead atoms. The minimum Gasteiger partial charge on any atom is -0.361 e. The Hall–Kier alpha value is -1.64. The van der Waals surface area contributed by atoms with E-state index in [1.165, 1.54) is 0 Å². The van der Waals surface area contributed by atoms with Crippen LogP contribution in [0.3, 0.4) is 0 Å². The number of amides is 1. The Morgan fingerprint density at radius 3 is 2.13 bits per heavy atom. The number of halogens is 2. The second kappa shape index (κ2) is 10.3. The average molecular weight is 485 g/mol. The fourth-order valence-electron chi connectivity index (χ4n) is 3.91. The van der Waals surface area contributed by atoms with Gasteiger partial charge in [-0.1, -0.05) is 60.8 Å². The summed E-state index contributed by atoms with van der Waals surface area (Å²) in [6, 6.07) is 13.9. The number of nitrogens with zero attached hydrogens (tertiary/aromatic N) is 1. The van der Waals surface area contributed by atoms with Crippen molar-refractivity contribution in [1.82, 2.24) is 9.62 Å². The van der Waals surface area contributed by atoms with E-state index in [-0.39, 0.29) is 25.1 Å². The molecular weight excluding hydrogens is 459 g/mol. The number of carbonyl (C=O) groups excluding carboxylic acids is 1. The molecule has 31 heavy (non-hydrogen) atoms. The topological polar surface area (TPSA) is 75.7 Å². The molecule has 1 aliphatic rings. The summed E-state index contributed by atoms with van der Waals surface area (Å²) in [6.45, 7) is 2.05. The zero-order valence-electron chi connectivity index (χ0n) is 17.4. The van der Waals surface area contributed by atoms with Crippen molar-refractivity contribution in [2.45, 2.75) is 38.0 Å². The van der Waals surface area contributed by atoms with Crippen LogP contribution in [0.5, 0.6) is 0 Å². The molecule has 1 N–H and O–H groups in total. The summed E-state index contributed by atoms with van der Waals surface area (Å²) in [5.74, 6) is -0.182. The van der Waals surface area contributed by atoms with E-state index < -0.39 is 22.2 Å². The van der Waals surface area contributed by atoms with Crippen molar-refractivity contribution in [3.05, 3.63) is 69.7 Å². The fraction of sp³-hybridized carbons (Fsp3) is 0.409. The summed E-state index contributed by atoms with van der Waals surface area (Å²) in [5, 5.41) is 1.20. The second-order valence-electron chi connectivity index (χ2n) is 7.64. The molecule has 0 aliphatic carbocycles. The Bertz CT molecular complexity index is 997. The van der Waals surface area contributed by atoms with Crippen molar-refractivity contribution in [3.63, 3.8) is 0 Å². The van der Waals surface area contributed by atoms with Gasteiger partial charge in [0.15, 0.2) is 0 Å². The van der Waals surface area contributed by atoms with Gasteiger partial charge in [0.25, 0.3) is 0 Å². The molecular formula is C22H26Cl2N2O4S. The number of rotatable bonds is 8. The van der Waals surface area contributed by atoms with Gasteiger partial charge in [-0.25, -0.2) is 13.1 Å². The molecule has 1 fully saturated rings. The van der Waals surface area contributed by atoms with Crippen LogP contribution in [0.2, 0.25) is 10.0 Å². The van der Waals surface area contributed by atoms with Crippen LogP contribution in [0, 0.1) is 0 Å². The summed E-state index contributed by atoms with van der Waals surface area (Å²) in [4.78, 5) is 14.9. The molecule has 1 amide bonds. The van der Waals surface area contributed by atoms with Crippen molar-refractivity contribution in [1.29, 1.82) is 0 Å². The minimum absolute atomic E-state index is 0.0868. The van der Waals surface area contributed by atoms with Crippen LogP contribution >= 0.6 is 23.2 Å². The van der Waals surface area contributed by atoms with E-state index in [9.17, 15) is 13.2 Å². The predicted molar refractivity (Wildman–Crippen MR) is 123 cm³/mol. The van der Waals surface area contributed by atoms with Crippen molar-refractivity contribution < 1.29 is 17.9 Å². The lowest BCUT2D eigenvalue weighted by Gasteiger charge is -2.45. The van der Waals surface area contributed by atoms with Gasteiger partial charge in [0.2, 0.25) is 15.9 Å². The average Bonchev–Trinajstić information content (AvgIpc) is 2.72. The lowest BCUT2D eigenvalue weighted by molar-refractivity contribution is -0.163. The number of hydrogen-bond acceptors (Lipinski definition) is 4. The van der Waals surface area contributed by atoms with Gasteiger partial charge in [-0.2, -0.15) is 0 Å². The molecule has 0 saturated carbocycles. The monoisotopic (exact) mass is 484 g/mol. The number of morpholine rings is 1. The normalized spacial score (nSPS) is 20.6. The Morgan fingerprint density at radius 2 is 1.61 bits per heavy atom. The van der Waals surface area contributed by atoms with Gasteiger partial charge in [-0.05, 0) is 41.8 Å². The van der Waals surface area contributed by atoms with Gasteiger partial charge in [0, 0.05) is 22.6 Å². The van der Waals surface area contributed by atoms with E-state index in [0.29, 0.717) is 16.5 Å². The third kappa shape index (κ3) is 6.20. The van der Waals surface area contributed by atoms with E-state index in [2.05, 4.69) is 4.72 Å². The Kier molecular flexibility index (Phi) is 7.99. The highest BCUT2D eigenvalue weighted by Crippen LogP contribution is 2.42. The minimum atomic E-state index is -3.40. The summed E-state index contributed by atoms with van der Waals surface area (Å²) >= 11 is 12.2. The van der Waals surface area contributed by atoms with E-state index in [0.717, 1.165) is 23.8 Å². The maximum atomic E-state index is 13.1. The molecule has 1 heterocycles. The first kappa shape index (κ1) is 24.0. The number of nitrogens with one attached hydrogen (secondary N) is 1. The molecule has 6 nitrogen and oxygen atoms in total. The molecule has 1 saturated heterocycles. The first-order valence-corrected chi connectivity index (χ1v) is 12.7. The largest absolute Gasteiger partial charge is 0.361 e. The number of hydrogen-bond donors (Lipinski definition) is 1. The first-order chi connectivity index (χ1) is 14.7. The summed E-state index contributed by atoms with van der Waals surface area (Å²) in [6.07, 6.45) is 2.11. The standard InChI is InChI=1S/C22H26Cl2N2O4S/c1-3-4-19(13-25-31(2,28)29)26-20(27)14-30-22(16-7-11-18(24)12-8-16)21(26)15-5-9-17(23)10-6-15/h5-12,19,21-22,25H,3-4,13-14H2,1-2H3/t19-,21-,22+/m1/s1. The predicted octanol–water partition coefficient (Wildman–Crippen LogP) is 4.35. The summed E-state index contributed by atoms with van der Waals surface area (Å²) < 4.78 is 32.1. The van der Waals surface area contributed by atoms with Gasteiger partial charge in [-0.15, -0.1) is 0 Å². The first-order valence-electron chi connectivity index (χ1n) is 10.1. The molecule has 0 unspecified atom stereocenters. The van der Waals surface area contributed by atoms with E-state index in [1.807, 2.05) is 31.2 Å². The van der Waals surface area contributed by atoms with E-state index in [1.54, 1.807) is 29.2 Å². The Morgan fingerprint density at radius 1 is 1.06 bits per heavy atom. The van der Waals surface area contributed by atoms with Crippen LogP contribution in [0.25, 0.3) is 0 Å². The molecule has 2 aromatic carbocycles. The number of carbonyl (C=O) groups is 1. The van der Waals surface area contributed by atoms with Crippen LogP contribution in [0.15, 0.2) is 48.5 Å². The van der Waals surface area contributed by atoms with Gasteiger partial charge in [-0.3, -0.25) is 4.79 Å². The van der Waals surface area contributed by atoms with Crippen LogP contribution in [-0.4, -0.2) is 44.7 Å². The third-order valence-corrected chi connectivity index (χ3v) is 6.46. The second-order valence-corrected chi connectivity index (χ2v) is 10.3. The highest BCUT2D eigenvalue weighted by atomic mass is 35.5. The maximum absolute atomic E-state index is 13.1. The van der Waals surface area contributed by atoms with E-state index in [4.69, 9.17) is 27.9 Å². The molecule has 0 radical (unpaired) electrons. The van der Waals surface area contributed by atoms with Crippen LogP contribution in [0.4, 0.5) is 0 Å². The van der Waals surface area contributed by atoms with Crippen molar-refractivity contribution in [2.24, 2.45) is 0 Å². The molecule has 2 aromatic rings. The zero-order chi connectivity index (χ0) is 22.6. The Labute approximate surface area is 193 Å². The van der Waals surface area contributed by atoms with Crippen molar-refractivity contribution in [2.75, 3.05) is 19.4 Å². The molecule has 9 heteroatoms. The van der Waals surface area contributed by atoms with Crippen molar-refractivity contribution in [3.8, 4) is 0 Å². The third-order valence-electron chi connectivity index (χ3n) is 5.27. The van der Waals surface area contributed by atoms with Crippen LogP contribution in [-0.2, 0) is 19.6 Å². The van der Waals surface area contributed by atoms with E-state index >= 15 is 0 Å². The summed E-state index contributed by atoms with van der Waals surface area (Å²) in [5.41, 5.74) is 1.74. The van der Waals surface area contributed by atoms with Gasteiger partial charge < -0.3 is 9.64 Å². The van der Waals surface area contributed by atoms with Gasteiger partial charge >= 0.3 is 0 Å². The highest BCUT2D eigenvalue weighted by Gasteiger charge is 2.42. The Balaban J connectivity index is 2.06. The fourth-order valence-corrected chi connectivity index (χ4v) is 4.65. The SMILES string of the molecule is CCC[C@H](CNS(C)(=O)=O)N1C(=O)CO[C@@H](c2ccc(Cl)cc2)[C@H]1c1ccc(Cl)cc1. The van der Waals surface area contributed by atoms with Crippen LogP contribution in [0.1, 0.15) is 43.0 Å². The van der Waals surface area contributed by atoms with Gasteiger partial charge in [0.1, 0.15) is 12.7 Å². The smallest absolute Gasteiger partial charge is 0.249 e. The molecule has 3 rings (SSSR count). The molecule has 3 atom stereocenters. The number of sulfonamides is 1. The quantitative estimate of drug-likeness (QED) is 0.603. The van der Waals surface area contributed by atoms with Gasteiger partial charge in [0.05, 0.1) is 12.3 Å². The summed E-state index contributed by atoms with van der Waals surface area (Å²) in [7, 11) is -3.40. The molecule has 1 aliphatic heterocycles. The zero-order valence-corrected chi connectivity index (χ0v) is 19.8. The lowest BCUT2D eigenvalue weighted by Crippen LogP contribution is -2.54. The molecule has 0 aromatic heterocycles. The van der Waals surface area contributed by atoms with Crippen LogP contribution < -0.4 is 4.72 Å². The number of ether oxygens (including phenoxy) is 1. The maximum Gasteiger partial charge on any atom is 0.249 e. The van der Waals surface area contributed by atoms with Crippen molar-refractivity contribution >= 4 is 39.1 Å². The molecule has 0 spiro atoms.